The molecule has 168 valence electrons. The summed E-state index contributed by atoms with van der Waals surface area (Å²) < 4.78 is 11.9. The van der Waals surface area contributed by atoms with Gasteiger partial charge in [0.05, 0.1) is 10.6 Å². The van der Waals surface area contributed by atoms with Gasteiger partial charge in [0.2, 0.25) is 5.89 Å². The van der Waals surface area contributed by atoms with Crippen molar-refractivity contribution in [1.82, 2.24) is 10.3 Å². The number of nitrogens with one attached hydrogen (secondary N) is 2. The Balaban J connectivity index is 1.43. The minimum atomic E-state index is -0.327. The molecule has 0 aliphatic rings. The SMILES string of the molecule is CC(C)Oc1ccc(C(=O)NC(=S)Nc2ccc3oc(-c4ccc(O)c(Br)c4)nc3c2)cc1. The number of phenolic OH excluding ortho intramolecular Hbond substituents is 1. The maximum atomic E-state index is 12.5. The number of hydrogen-bond acceptors (Lipinski definition) is 6. The lowest BCUT2D eigenvalue weighted by molar-refractivity contribution is 0.0977. The van der Waals surface area contributed by atoms with Gasteiger partial charge in [0.25, 0.3) is 5.91 Å². The van der Waals surface area contributed by atoms with Crippen LogP contribution in [0.1, 0.15) is 24.2 Å². The first-order valence-corrected chi connectivity index (χ1v) is 11.3. The van der Waals surface area contributed by atoms with Crippen LogP contribution in [0.3, 0.4) is 0 Å². The van der Waals surface area contributed by atoms with Crippen molar-refractivity contribution >= 4 is 56.0 Å². The average Bonchev–Trinajstić information content (AvgIpc) is 3.19. The largest absolute Gasteiger partial charge is 0.507 e. The van der Waals surface area contributed by atoms with Gasteiger partial charge in [-0.1, -0.05) is 0 Å². The lowest BCUT2D eigenvalue weighted by Gasteiger charge is -2.11. The number of amides is 1. The lowest BCUT2D eigenvalue weighted by atomic mass is 10.2. The van der Waals surface area contributed by atoms with E-state index in [9.17, 15) is 9.90 Å². The highest BCUT2D eigenvalue weighted by Crippen LogP contribution is 2.31. The number of rotatable bonds is 5. The number of ether oxygens (including phenoxy) is 1. The summed E-state index contributed by atoms with van der Waals surface area (Å²) in [6, 6.07) is 17.2. The van der Waals surface area contributed by atoms with E-state index in [4.69, 9.17) is 21.4 Å². The van der Waals surface area contributed by atoms with E-state index in [1.807, 2.05) is 13.8 Å². The van der Waals surface area contributed by atoms with Gasteiger partial charge in [-0.3, -0.25) is 10.1 Å². The fourth-order valence-electron chi connectivity index (χ4n) is 3.06. The van der Waals surface area contributed by atoms with Crippen molar-refractivity contribution in [3.05, 3.63) is 70.7 Å². The fraction of sp³-hybridized carbons (Fsp3) is 0.125. The molecule has 0 atom stereocenters. The molecule has 7 nitrogen and oxygen atoms in total. The Kier molecular flexibility index (Phi) is 6.62. The molecule has 3 N–H and O–H groups in total. The Labute approximate surface area is 203 Å². The second kappa shape index (κ2) is 9.60. The summed E-state index contributed by atoms with van der Waals surface area (Å²) >= 11 is 8.58. The van der Waals surface area contributed by atoms with Crippen molar-refractivity contribution in [2.75, 3.05) is 5.32 Å². The van der Waals surface area contributed by atoms with Gasteiger partial charge in [0, 0.05) is 16.8 Å². The second-order valence-electron chi connectivity index (χ2n) is 7.47. The molecule has 0 bridgehead atoms. The maximum Gasteiger partial charge on any atom is 0.257 e. The van der Waals surface area contributed by atoms with Crippen LogP contribution in [-0.2, 0) is 0 Å². The minimum absolute atomic E-state index is 0.0579. The summed E-state index contributed by atoms with van der Waals surface area (Å²) in [6.45, 7) is 3.88. The van der Waals surface area contributed by atoms with Crippen LogP contribution >= 0.6 is 28.1 Å². The molecule has 4 rings (SSSR count). The molecule has 0 saturated carbocycles. The van der Waals surface area contributed by atoms with Crippen LogP contribution in [0, 0.1) is 0 Å². The molecule has 1 amide bonds. The maximum absolute atomic E-state index is 12.5. The van der Waals surface area contributed by atoms with E-state index in [1.54, 1.807) is 60.7 Å². The standard InChI is InChI=1S/C24H20BrN3O4S/c1-13(2)31-17-7-3-14(4-8-17)22(30)28-24(33)26-16-6-10-21-19(12-16)27-23(32-21)15-5-9-20(29)18(25)11-15/h3-13,29H,1-2H3,(H2,26,28,30,33). The molecule has 0 aliphatic carbocycles. The number of thiocarbonyl (C=S) groups is 1. The summed E-state index contributed by atoms with van der Waals surface area (Å²) in [5.74, 6) is 0.925. The zero-order valence-corrected chi connectivity index (χ0v) is 20.2. The molecule has 9 heteroatoms. The minimum Gasteiger partial charge on any atom is -0.507 e. The Morgan fingerprint density at radius 1 is 1.12 bits per heavy atom. The number of aromatic nitrogens is 1. The summed E-state index contributed by atoms with van der Waals surface area (Å²) in [4.78, 5) is 17.0. The highest BCUT2D eigenvalue weighted by molar-refractivity contribution is 9.10. The Morgan fingerprint density at radius 3 is 2.58 bits per heavy atom. The van der Waals surface area contributed by atoms with Crippen LogP contribution in [0.5, 0.6) is 11.5 Å². The van der Waals surface area contributed by atoms with Crippen molar-refractivity contribution in [2.24, 2.45) is 0 Å². The molecule has 0 saturated heterocycles. The summed E-state index contributed by atoms with van der Waals surface area (Å²) in [6.07, 6.45) is 0.0579. The van der Waals surface area contributed by atoms with Crippen LogP contribution in [0.4, 0.5) is 5.69 Å². The third-order valence-corrected chi connectivity index (χ3v) is 5.39. The van der Waals surface area contributed by atoms with E-state index in [-0.39, 0.29) is 22.9 Å². The smallest absolute Gasteiger partial charge is 0.257 e. The van der Waals surface area contributed by atoms with E-state index >= 15 is 0 Å². The van der Waals surface area contributed by atoms with E-state index in [0.29, 0.717) is 38.5 Å². The number of aromatic hydroxyl groups is 1. The van der Waals surface area contributed by atoms with Crippen molar-refractivity contribution in [3.63, 3.8) is 0 Å². The number of fused-ring (bicyclic) bond motifs is 1. The third kappa shape index (κ3) is 5.50. The van der Waals surface area contributed by atoms with E-state index in [2.05, 4.69) is 31.5 Å². The van der Waals surface area contributed by atoms with Crippen molar-refractivity contribution in [3.8, 4) is 23.0 Å². The quantitative estimate of drug-likeness (QED) is 0.280. The van der Waals surface area contributed by atoms with E-state index in [0.717, 1.165) is 5.56 Å². The number of halogens is 1. The number of anilines is 1. The van der Waals surface area contributed by atoms with Crippen LogP contribution < -0.4 is 15.4 Å². The van der Waals surface area contributed by atoms with Crippen molar-refractivity contribution < 1.29 is 19.1 Å². The van der Waals surface area contributed by atoms with Gasteiger partial charge in [-0.15, -0.1) is 0 Å². The third-order valence-electron chi connectivity index (χ3n) is 4.56. The molecule has 0 radical (unpaired) electrons. The zero-order valence-electron chi connectivity index (χ0n) is 17.8. The van der Waals surface area contributed by atoms with Crippen LogP contribution in [0.25, 0.3) is 22.6 Å². The van der Waals surface area contributed by atoms with E-state index < -0.39 is 0 Å². The molecular formula is C24H20BrN3O4S. The first-order valence-electron chi connectivity index (χ1n) is 10.1. The molecule has 0 spiro atoms. The van der Waals surface area contributed by atoms with Gasteiger partial charge < -0.3 is 19.6 Å². The van der Waals surface area contributed by atoms with Gasteiger partial charge in [-0.2, -0.15) is 0 Å². The molecule has 3 aromatic carbocycles. The molecule has 4 aromatic rings. The van der Waals surface area contributed by atoms with Gasteiger partial charge in [0.1, 0.15) is 17.0 Å². The van der Waals surface area contributed by atoms with Crippen LogP contribution in [0.2, 0.25) is 0 Å². The number of carbonyl (C=O) groups excluding carboxylic acids is 1. The second-order valence-corrected chi connectivity index (χ2v) is 8.73. The Morgan fingerprint density at radius 2 is 1.88 bits per heavy atom. The predicted octanol–water partition coefficient (Wildman–Crippen LogP) is 5.88. The van der Waals surface area contributed by atoms with Crippen LogP contribution in [0.15, 0.2) is 69.6 Å². The summed E-state index contributed by atoms with van der Waals surface area (Å²) in [5.41, 5.74) is 3.05. The molecule has 0 unspecified atom stereocenters. The van der Waals surface area contributed by atoms with Gasteiger partial charge in [-0.25, -0.2) is 4.98 Å². The molecule has 1 heterocycles. The summed E-state index contributed by atoms with van der Waals surface area (Å²) in [5, 5.41) is 15.5. The van der Waals surface area contributed by atoms with Gasteiger partial charge in [0.15, 0.2) is 10.7 Å². The summed E-state index contributed by atoms with van der Waals surface area (Å²) in [7, 11) is 0. The molecule has 0 fully saturated rings. The number of benzene rings is 3. The number of nitrogens with zero attached hydrogens (tertiary/aromatic N) is 1. The molecule has 0 aliphatic heterocycles. The number of hydrogen-bond donors (Lipinski definition) is 3. The monoisotopic (exact) mass is 525 g/mol. The molecule has 33 heavy (non-hydrogen) atoms. The van der Waals surface area contributed by atoms with Gasteiger partial charge >= 0.3 is 0 Å². The van der Waals surface area contributed by atoms with E-state index in [1.165, 1.54) is 0 Å². The van der Waals surface area contributed by atoms with Crippen molar-refractivity contribution in [2.45, 2.75) is 20.0 Å². The molecule has 1 aromatic heterocycles. The number of phenols is 1. The average molecular weight is 526 g/mol. The molecular weight excluding hydrogens is 506 g/mol. The highest BCUT2D eigenvalue weighted by Gasteiger charge is 2.12. The first-order chi connectivity index (χ1) is 15.8. The predicted molar refractivity (Wildman–Crippen MR) is 135 cm³/mol. The Bertz CT molecular complexity index is 1340. The van der Waals surface area contributed by atoms with Crippen LogP contribution in [-0.4, -0.2) is 27.2 Å². The lowest BCUT2D eigenvalue weighted by Crippen LogP contribution is -2.34. The van der Waals surface area contributed by atoms with Crippen molar-refractivity contribution in [1.29, 1.82) is 0 Å². The highest BCUT2D eigenvalue weighted by atomic mass is 79.9. The van der Waals surface area contributed by atoms with Gasteiger partial charge in [-0.05, 0) is 103 Å². The number of carbonyl (C=O) groups is 1. The first kappa shape index (κ1) is 22.8. The Hall–Kier alpha value is -3.43. The fourth-order valence-corrected chi connectivity index (χ4v) is 3.65. The normalized spacial score (nSPS) is 10.9. The number of oxazole rings is 1. The zero-order chi connectivity index (χ0) is 23.5. The topological polar surface area (TPSA) is 96.6 Å².